The lowest BCUT2D eigenvalue weighted by molar-refractivity contribution is 0.0587. The van der Waals surface area contributed by atoms with Crippen LogP contribution in [0.3, 0.4) is 0 Å². The molecule has 0 amide bonds. The number of hydrazine groups is 1. The number of nitrogens with one attached hydrogen (secondary N) is 2. The molecule has 8 heteroatoms. The van der Waals surface area contributed by atoms with Gasteiger partial charge in [0.05, 0.1) is 13.7 Å². The summed E-state index contributed by atoms with van der Waals surface area (Å²) in [4.78, 5) is 12.6. The van der Waals surface area contributed by atoms with Gasteiger partial charge < -0.3 is 13.8 Å². The number of methoxy groups -OCH3 is 1. The van der Waals surface area contributed by atoms with Gasteiger partial charge in [-0.3, -0.25) is 5.43 Å². The third-order valence-corrected chi connectivity index (χ3v) is 6.04. The number of carbonyl (C=O) groups is 1. The third-order valence-electron chi connectivity index (χ3n) is 5.47. The highest BCUT2D eigenvalue weighted by atomic mass is 35.5. The van der Waals surface area contributed by atoms with E-state index in [-0.39, 0.29) is 24.0 Å². The van der Waals surface area contributed by atoms with Gasteiger partial charge in [0.1, 0.15) is 5.69 Å². The van der Waals surface area contributed by atoms with Crippen molar-refractivity contribution in [1.82, 2.24) is 15.4 Å². The molecule has 1 aromatic heterocycles. The Morgan fingerprint density at radius 2 is 2.18 bits per heavy atom. The van der Waals surface area contributed by atoms with E-state index in [0.29, 0.717) is 23.9 Å². The Balaban J connectivity index is 2.27. The van der Waals surface area contributed by atoms with Crippen LogP contribution < -0.4 is 10.9 Å². The van der Waals surface area contributed by atoms with E-state index in [1.54, 1.807) is 0 Å². The van der Waals surface area contributed by atoms with Gasteiger partial charge in [0.2, 0.25) is 0 Å². The Morgan fingerprint density at radius 3 is 2.82 bits per heavy atom. The molecule has 0 bridgehead atoms. The predicted molar refractivity (Wildman–Crippen MR) is 116 cm³/mol. The summed E-state index contributed by atoms with van der Waals surface area (Å²) in [6.45, 7) is 9.25. The van der Waals surface area contributed by atoms with Crippen LogP contribution in [0, 0.1) is 6.92 Å². The molecule has 1 aliphatic rings. The Hall–Kier alpha value is -1.43. The highest BCUT2D eigenvalue weighted by Gasteiger charge is 2.36. The van der Waals surface area contributed by atoms with Gasteiger partial charge in [-0.1, -0.05) is 17.7 Å². The minimum absolute atomic E-state index is 0.0351. The maximum atomic E-state index is 12.6. The first-order chi connectivity index (χ1) is 13.5. The first-order valence-electron chi connectivity index (χ1n) is 9.31. The summed E-state index contributed by atoms with van der Waals surface area (Å²) in [5.74, 6) is -0.261. The van der Waals surface area contributed by atoms with Crippen LogP contribution in [-0.2, 0) is 15.8 Å². The summed E-state index contributed by atoms with van der Waals surface area (Å²) in [6.07, 6.45) is 2.66. The molecule has 0 spiro atoms. The van der Waals surface area contributed by atoms with Crippen molar-refractivity contribution < 1.29 is 14.1 Å². The van der Waals surface area contributed by atoms with E-state index in [1.165, 1.54) is 7.11 Å². The molecule has 0 aliphatic carbocycles. The molecule has 2 aromatic rings. The van der Waals surface area contributed by atoms with Gasteiger partial charge in [0, 0.05) is 49.9 Å². The molecule has 4 atom stereocenters. The van der Waals surface area contributed by atoms with E-state index in [0.717, 1.165) is 28.5 Å². The van der Waals surface area contributed by atoms with Gasteiger partial charge in [-0.25, -0.2) is 10.2 Å². The van der Waals surface area contributed by atoms with Crippen molar-refractivity contribution in [3.05, 3.63) is 46.6 Å². The van der Waals surface area contributed by atoms with Crippen LogP contribution in [0.5, 0.6) is 0 Å². The molecule has 1 fully saturated rings. The highest BCUT2D eigenvalue weighted by Crippen LogP contribution is 2.41. The van der Waals surface area contributed by atoms with Crippen LogP contribution in [0.25, 0.3) is 10.9 Å². The lowest BCUT2D eigenvalue weighted by Gasteiger charge is -2.22. The maximum absolute atomic E-state index is 12.6. The molecule has 2 heterocycles. The second-order valence-corrected chi connectivity index (χ2v) is 7.80. The lowest BCUT2D eigenvalue weighted by atomic mass is 9.85. The molecule has 1 saturated heterocycles. The monoisotopic (exact) mass is 423 g/mol. The van der Waals surface area contributed by atoms with Crippen LogP contribution in [0.1, 0.15) is 40.9 Å². The summed E-state index contributed by atoms with van der Waals surface area (Å²) >= 11 is 6.71. The molecule has 4 unspecified atom stereocenters. The topological polar surface area (TPSA) is 64.5 Å². The van der Waals surface area contributed by atoms with Crippen molar-refractivity contribution in [3.8, 4) is 0 Å². The molecule has 152 valence electrons. The minimum Gasteiger partial charge on any atom is -0.464 e. The second-order valence-electron chi connectivity index (χ2n) is 7.06. The molecule has 3 rings (SSSR count). The van der Waals surface area contributed by atoms with Crippen molar-refractivity contribution in [1.29, 1.82) is 0 Å². The van der Waals surface area contributed by atoms with Gasteiger partial charge in [-0.05, 0) is 43.5 Å². The molecule has 6 nitrogen and oxygen atoms in total. The number of rotatable bonds is 7. The first kappa shape index (κ1) is 21.3. The van der Waals surface area contributed by atoms with E-state index in [9.17, 15) is 4.79 Å². The number of hydrogen-bond donors (Lipinski definition) is 2. The number of nitrogens with zero attached hydrogens (tertiary/aromatic N) is 1. The Kier molecular flexibility index (Phi) is 6.79. The lowest BCUT2D eigenvalue weighted by Crippen LogP contribution is -2.31. The summed E-state index contributed by atoms with van der Waals surface area (Å²) in [6, 6.07) is 4.08. The van der Waals surface area contributed by atoms with E-state index in [2.05, 4.69) is 33.8 Å². The molecule has 1 aliphatic heterocycles. The number of benzene rings is 1. The predicted octanol–water partition coefficient (Wildman–Crippen LogP) is 3.72. The quantitative estimate of drug-likeness (QED) is 0.307. The molecule has 28 heavy (non-hydrogen) atoms. The summed E-state index contributed by atoms with van der Waals surface area (Å²) in [7, 11) is 3.66. The van der Waals surface area contributed by atoms with Gasteiger partial charge in [-0.2, -0.15) is 0 Å². The van der Waals surface area contributed by atoms with E-state index in [1.807, 2.05) is 29.7 Å². The van der Waals surface area contributed by atoms with Crippen molar-refractivity contribution in [2.75, 3.05) is 13.7 Å². The van der Waals surface area contributed by atoms with Crippen LogP contribution in [0.15, 0.2) is 24.8 Å². The van der Waals surface area contributed by atoms with Gasteiger partial charge >= 0.3 is 5.97 Å². The third kappa shape index (κ3) is 3.60. The molecular weight excluding hydrogens is 397 g/mol. The molecular formula is C20H27ClN3O3P. The van der Waals surface area contributed by atoms with Crippen molar-refractivity contribution >= 4 is 37.9 Å². The average molecular weight is 424 g/mol. The van der Waals surface area contributed by atoms with Crippen LogP contribution in [0.4, 0.5) is 0 Å². The minimum atomic E-state index is -0.349. The first-order valence-corrected chi connectivity index (χ1v) is 10.2. The number of halogens is 1. The number of fused-ring (bicyclic) bond motifs is 1. The smallest absolute Gasteiger partial charge is 0.354 e. The number of aromatic nitrogens is 1. The fraction of sp³-hybridized carbons (Fsp3) is 0.450. The van der Waals surface area contributed by atoms with Crippen LogP contribution in [-0.4, -0.2) is 36.3 Å². The van der Waals surface area contributed by atoms with E-state index >= 15 is 0 Å². The molecule has 2 N–H and O–H groups in total. The van der Waals surface area contributed by atoms with Crippen LogP contribution >= 0.6 is 21.1 Å². The summed E-state index contributed by atoms with van der Waals surface area (Å²) in [5, 5.41) is 1.69. The van der Waals surface area contributed by atoms with Gasteiger partial charge in [-0.15, -0.1) is 6.58 Å². The van der Waals surface area contributed by atoms with Crippen LogP contribution in [0.2, 0.25) is 5.02 Å². The molecule has 1 aromatic carbocycles. The standard InChI is InChI=1S/C20H27ClN3O3P/c1-5-14-17(12(3)22-23-14)18-13(21)7-8-15-16(18)11(2)19(20(25)26-4)24(15)9-6-10-27-28/h5,7-8,12,14,17,22-23H,1,6,9-10,28H2,2-4H3. The fourth-order valence-corrected chi connectivity index (χ4v) is 4.67. The second kappa shape index (κ2) is 8.93. The normalized spacial score (nSPS) is 22.0. The zero-order chi connectivity index (χ0) is 20.4. The largest absolute Gasteiger partial charge is 0.464 e. The van der Waals surface area contributed by atoms with Gasteiger partial charge in [0.25, 0.3) is 0 Å². The zero-order valence-corrected chi connectivity index (χ0v) is 18.3. The Bertz CT molecular complexity index is 899. The Morgan fingerprint density at radius 1 is 1.43 bits per heavy atom. The van der Waals surface area contributed by atoms with Crippen molar-refractivity contribution in [2.24, 2.45) is 0 Å². The van der Waals surface area contributed by atoms with Gasteiger partial charge in [0.15, 0.2) is 0 Å². The summed E-state index contributed by atoms with van der Waals surface area (Å²) in [5.41, 5.74) is 9.99. The van der Waals surface area contributed by atoms with Crippen molar-refractivity contribution in [3.63, 3.8) is 0 Å². The molecule has 0 saturated carbocycles. The SMILES string of the molecule is C=CC1NNC(C)C1c1c(Cl)ccc2c1c(C)c(C(=O)OC)n2CCCOP. The number of ether oxygens (including phenoxy) is 1. The Labute approximate surface area is 172 Å². The fourth-order valence-electron chi connectivity index (χ4n) is 4.22. The van der Waals surface area contributed by atoms with E-state index < -0.39 is 0 Å². The number of carbonyl (C=O) groups excluding carboxylic acids is 1. The summed E-state index contributed by atoms with van der Waals surface area (Å²) < 4.78 is 12.2. The average Bonchev–Trinajstić information content (AvgIpc) is 3.19. The highest BCUT2D eigenvalue weighted by molar-refractivity contribution is 7.09. The molecule has 0 radical (unpaired) electrons. The van der Waals surface area contributed by atoms with E-state index in [4.69, 9.17) is 20.9 Å². The maximum Gasteiger partial charge on any atom is 0.354 e. The number of hydrogen-bond acceptors (Lipinski definition) is 5. The van der Waals surface area contributed by atoms with Crippen molar-refractivity contribution in [2.45, 2.75) is 44.8 Å². The zero-order valence-electron chi connectivity index (χ0n) is 16.4. The number of esters is 1. The number of aryl methyl sites for hydroxylation is 2.